The summed E-state index contributed by atoms with van der Waals surface area (Å²) >= 11 is 1.53. The number of carbonyl (C=O) groups excluding carboxylic acids is 1. The highest BCUT2D eigenvalue weighted by atomic mass is 32.2. The van der Waals surface area contributed by atoms with E-state index in [9.17, 15) is 13.2 Å². The molecule has 0 radical (unpaired) electrons. The van der Waals surface area contributed by atoms with E-state index in [0.29, 0.717) is 18.7 Å². The molecule has 2 heterocycles. The van der Waals surface area contributed by atoms with Gasteiger partial charge in [0.05, 0.1) is 21.7 Å². The van der Waals surface area contributed by atoms with Crippen molar-refractivity contribution in [1.82, 2.24) is 14.6 Å². The fourth-order valence-corrected chi connectivity index (χ4v) is 6.27. The second kappa shape index (κ2) is 8.22. The molecule has 1 amide bonds. The van der Waals surface area contributed by atoms with Crippen molar-refractivity contribution in [2.24, 2.45) is 0 Å². The van der Waals surface area contributed by atoms with Gasteiger partial charge in [-0.15, -0.1) is 11.3 Å². The molecule has 152 valence electrons. The Balaban J connectivity index is 1.49. The van der Waals surface area contributed by atoms with Crippen LogP contribution in [0.1, 0.15) is 41.6 Å². The molecule has 1 unspecified atom stereocenters. The van der Waals surface area contributed by atoms with Gasteiger partial charge in [0.2, 0.25) is 10.0 Å². The third-order valence-electron chi connectivity index (χ3n) is 5.18. The second-order valence-electron chi connectivity index (χ2n) is 7.25. The van der Waals surface area contributed by atoms with E-state index in [-0.39, 0.29) is 16.8 Å². The molecule has 1 atom stereocenters. The van der Waals surface area contributed by atoms with Crippen LogP contribution in [0.2, 0.25) is 0 Å². The zero-order valence-corrected chi connectivity index (χ0v) is 17.8. The average molecular weight is 430 g/mol. The van der Waals surface area contributed by atoms with Crippen molar-refractivity contribution >= 4 is 37.5 Å². The molecule has 8 heteroatoms. The van der Waals surface area contributed by atoms with Crippen LogP contribution in [-0.2, 0) is 16.6 Å². The first-order valence-electron chi connectivity index (χ1n) is 9.70. The van der Waals surface area contributed by atoms with Gasteiger partial charge in [0.25, 0.3) is 5.91 Å². The topological polar surface area (TPSA) is 79.4 Å². The fraction of sp³-hybridized carbons (Fsp3) is 0.333. The summed E-state index contributed by atoms with van der Waals surface area (Å²) < 4.78 is 28.7. The van der Waals surface area contributed by atoms with Crippen LogP contribution in [0.15, 0.2) is 53.4 Å². The highest BCUT2D eigenvalue weighted by Gasteiger charge is 2.31. The van der Waals surface area contributed by atoms with Crippen molar-refractivity contribution in [3.63, 3.8) is 0 Å². The molecule has 6 nitrogen and oxygen atoms in total. The Morgan fingerprint density at radius 3 is 2.83 bits per heavy atom. The molecule has 1 N–H and O–H groups in total. The van der Waals surface area contributed by atoms with Gasteiger partial charge < -0.3 is 5.32 Å². The summed E-state index contributed by atoms with van der Waals surface area (Å²) in [6, 6.07) is 14.1. The number of para-hydroxylation sites is 1. The lowest BCUT2D eigenvalue weighted by molar-refractivity contribution is 0.0950. The SMILES string of the molecule is CC1CCCCN1S(=O)(=O)c1cccc(C(=O)NCc2nc3ccccc3s2)c1. The quantitative estimate of drug-likeness (QED) is 0.669. The van der Waals surface area contributed by atoms with Crippen molar-refractivity contribution in [2.75, 3.05) is 6.54 Å². The van der Waals surface area contributed by atoms with E-state index in [0.717, 1.165) is 34.5 Å². The molecular formula is C21H23N3O3S2. The maximum Gasteiger partial charge on any atom is 0.251 e. The maximum atomic E-state index is 13.0. The number of benzene rings is 2. The molecule has 0 spiro atoms. The Kier molecular flexibility index (Phi) is 5.67. The first-order valence-corrected chi connectivity index (χ1v) is 12.0. The Bertz CT molecular complexity index is 1110. The molecule has 1 saturated heterocycles. The van der Waals surface area contributed by atoms with Gasteiger partial charge >= 0.3 is 0 Å². The Morgan fingerprint density at radius 1 is 1.21 bits per heavy atom. The van der Waals surface area contributed by atoms with Crippen molar-refractivity contribution in [2.45, 2.75) is 43.7 Å². The monoisotopic (exact) mass is 429 g/mol. The van der Waals surface area contributed by atoms with Crippen LogP contribution >= 0.6 is 11.3 Å². The van der Waals surface area contributed by atoms with E-state index in [1.54, 1.807) is 22.5 Å². The smallest absolute Gasteiger partial charge is 0.251 e. The number of fused-ring (bicyclic) bond motifs is 1. The standard InChI is InChI=1S/C21H23N3O3S2/c1-15-7-4-5-12-24(15)29(26,27)17-9-6-8-16(13-17)21(25)22-14-20-23-18-10-2-3-11-19(18)28-20/h2-3,6,8-11,13,15H,4-5,7,12,14H2,1H3,(H,22,25). The van der Waals surface area contributed by atoms with Crippen LogP contribution in [0.25, 0.3) is 10.2 Å². The third kappa shape index (κ3) is 4.19. The Morgan fingerprint density at radius 2 is 2.03 bits per heavy atom. The lowest BCUT2D eigenvalue weighted by Gasteiger charge is -2.32. The van der Waals surface area contributed by atoms with Crippen molar-refractivity contribution in [3.05, 3.63) is 59.1 Å². The van der Waals surface area contributed by atoms with Gasteiger partial charge in [0.15, 0.2) is 0 Å². The van der Waals surface area contributed by atoms with E-state index < -0.39 is 10.0 Å². The average Bonchev–Trinajstić information content (AvgIpc) is 3.15. The van der Waals surface area contributed by atoms with E-state index >= 15 is 0 Å². The van der Waals surface area contributed by atoms with Gasteiger partial charge in [-0.05, 0) is 50.1 Å². The number of nitrogens with one attached hydrogen (secondary N) is 1. The number of amides is 1. The minimum Gasteiger partial charge on any atom is -0.346 e. The van der Waals surface area contributed by atoms with Crippen LogP contribution in [0, 0.1) is 0 Å². The first-order chi connectivity index (χ1) is 13.9. The van der Waals surface area contributed by atoms with Crippen molar-refractivity contribution in [1.29, 1.82) is 0 Å². The van der Waals surface area contributed by atoms with Gasteiger partial charge in [-0.1, -0.05) is 24.6 Å². The summed E-state index contributed by atoms with van der Waals surface area (Å²) in [5.74, 6) is -0.312. The first kappa shape index (κ1) is 20.0. The Hall–Kier alpha value is -2.29. The van der Waals surface area contributed by atoms with Crippen LogP contribution in [0.4, 0.5) is 0 Å². The van der Waals surface area contributed by atoms with Gasteiger partial charge in [-0.3, -0.25) is 4.79 Å². The van der Waals surface area contributed by atoms with E-state index in [2.05, 4.69) is 10.3 Å². The summed E-state index contributed by atoms with van der Waals surface area (Å²) in [6.45, 7) is 2.76. The summed E-state index contributed by atoms with van der Waals surface area (Å²) in [4.78, 5) is 17.3. The predicted octanol–water partition coefficient (Wildman–Crippen LogP) is 3.79. The Labute approximate surface area is 174 Å². The molecule has 1 fully saturated rings. The number of piperidine rings is 1. The van der Waals surface area contributed by atoms with Crippen LogP contribution < -0.4 is 5.32 Å². The van der Waals surface area contributed by atoms with Crippen molar-refractivity contribution in [3.8, 4) is 0 Å². The summed E-state index contributed by atoms with van der Waals surface area (Å²) in [5, 5.41) is 3.65. The van der Waals surface area contributed by atoms with Crippen LogP contribution in [0.3, 0.4) is 0 Å². The normalized spacial score (nSPS) is 18.0. The van der Waals surface area contributed by atoms with E-state index in [4.69, 9.17) is 0 Å². The number of rotatable bonds is 5. The lowest BCUT2D eigenvalue weighted by atomic mass is 10.1. The van der Waals surface area contributed by atoms with Gasteiger partial charge in [0, 0.05) is 18.2 Å². The van der Waals surface area contributed by atoms with Gasteiger partial charge in [0.1, 0.15) is 5.01 Å². The second-order valence-corrected chi connectivity index (χ2v) is 10.3. The minimum atomic E-state index is -3.61. The summed E-state index contributed by atoms with van der Waals surface area (Å²) in [5.41, 5.74) is 1.24. The number of aromatic nitrogens is 1. The zero-order chi connectivity index (χ0) is 20.4. The molecule has 1 aromatic heterocycles. The predicted molar refractivity (Wildman–Crippen MR) is 114 cm³/mol. The number of hydrogen-bond donors (Lipinski definition) is 1. The number of thiazole rings is 1. The number of nitrogens with zero attached hydrogens (tertiary/aromatic N) is 2. The molecule has 1 aliphatic rings. The summed E-state index contributed by atoms with van der Waals surface area (Å²) in [6.07, 6.45) is 2.77. The van der Waals surface area contributed by atoms with Gasteiger partial charge in [-0.2, -0.15) is 4.31 Å². The number of sulfonamides is 1. The molecule has 1 aliphatic heterocycles. The van der Waals surface area contributed by atoms with Gasteiger partial charge in [-0.25, -0.2) is 13.4 Å². The molecule has 2 aromatic carbocycles. The highest BCUT2D eigenvalue weighted by molar-refractivity contribution is 7.89. The highest BCUT2D eigenvalue weighted by Crippen LogP contribution is 2.26. The maximum absolute atomic E-state index is 13.0. The number of carbonyl (C=O) groups is 1. The lowest BCUT2D eigenvalue weighted by Crippen LogP contribution is -2.42. The minimum absolute atomic E-state index is 0.0229. The van der Waals surface area contributed by atoms with Crippen LogP contribution in [-0.4, -0.2) is 36.2 Å². The summed E-state index contributed by atoms with van der Waals surface area (Å²) in [7, 11) is -3.61. The molecule has 0 saturated carbocycles. The molecule has 29 heavy (non-hydrogen) atoms. The molecular weight excluding hydrogens is 406 g/mol. The zero-order valence-electron chi connectivity index (χ0n) is 16.2. The van der Waals surface area contributed by atoms with E-state index in [1.807, 2.05) is 31.2 Å². The molecule has 3 aromatic rings. The third-order valence-corrected chi connectivity index (χ3v) is 8.23. The molecule has 4 rings (SSSR count). The fourth-order valence-electron chi connectivity index (χ4n) is 3.62. The molecule has 0 bridgehead atoms. The van der Waals surface area contributed by atoms with E-state index in [1.165, 1.54) is 17.4 Å². The molecule has 0 aliphatic carbocycles. The van der Waals surface area contributed by atoms with Crippen molar-refractivity contribution < 1.29 is 13.2 Å². The number of hydrogen-bond acceptors (Lipinski definition) is 5. The van der Waals surface area contributed by atoms with Crippen LogP contribution in [0.5, 0.6) is 0 Å². The largest absolute Gasteiger partial charge is 0.346 e.